The molecule has 2 rings (SSSR count). The van der Waals surface area contributed by atoms with Crippen LogP contribution in [0.1, 0.15) is 25.7 Å². The number of rotatable bonds is 3. The highest BCUT2D eigenvalue weighted by Crippen LogP contribution is 2.19. The average Bonchev–Trinajstić information content (AvgIpc) is 2.90. The van der Waals surface area contributed by atoms with Gasteiger partial charge in [-0.3, -0.25) is 9.59 Å². The summed E-state index contributed by atoms with van der Waals surface area (Å²) >= 11 is 0. The number of nitrogens with zero attached hydrogens (tertiary/aromatic N) is 2. The van der Waals surface area contributed by atoms with Gasteiger partial charge in [0, 0.05) is 33.7 Å². The van der Waals surface area contributed by atoms with E-state index in [-0.39, 0.29) is 24.0 Å². The zero-order chi connectivity index (χ0) is 12.4. The van der Waals surface area contributed by atoms with Gasteiger partial charge in [0.2, 0.25) is 11.8 Å². The minimum absolute atomic E-state index is 0.0360. The van der Waals surface area contributed by atoms with Crippen molar-refractivity contribution in [3.63, 3.8) is 0 Å². The highest BCUT2D eigenvalue weighted by atomic mass is 16.5. The fourth-order valence-corrected chi connectivity index (χ4v) is 2.53. The van der Waals surface area contributed by atoms with Crippen molar-refractivity contribution in [2.45, 2.75) is 37.8 Å². The van der Waals surface area contributed by atoms with Crippen molar-refractivity contribution in [2.75, 3.05) is 27.2 Å². The molecule has 0 aromatic rings. The molecule has 96 valence electrons. The van der Waals surface area contributed by atoms with E-state index in [1.165, 1.54) is 0 Å². The average molecular weight is 240 g/mol. The van der Waals surface area contributed by atoms with E-state index >= 15 is 0 Å². The Hall–Kier alpha value is -1.10. The number of hydrogen-bond acceptors (Lipinski definition) is 3. The molecule has 2 fully saturated rings. The van der Waals surface area contributed by atoms with Crippen LogP contribution in [-0.4, -0.2) is 61.0 Å². The Morgan fingerprint density at radius 3 is 2.82 bits per heavy atom. The van der Waals surface area contributed by atoms with Crippen LogP contribution in [0.2, 0.25) is 0 Å². The smallest absolute Gasteiger partial charge is 0.245 e. The zero-order valence-corrected chi connectivity index (χ0v) is 10.5. The van der Waals surface area contributed by atoms with E-state index in [2.05, 4.69) is 0 Å². The largest absolute Gasteiger partial charge is 0.376 e. The second kappa shape index (κ2) is 5.04. The van der Waals surface area contributed by atoms with Gasteiger partial charge in [-0.05, 0) is 19.3 Å². The van der Waals surface area contributed by atoms with E-state index in [1.54, 1.807) is 23.9 Å². The summed E-state index contributed by atoms with van der Waals surface area (Å²) in [5.74, 6) is 0.0997. The van der Waals surface area contributed by atoms with E-state index < -0.39 is 0 Å². The highest BCUT2D eigenvalue weighted by molar-refractivity contribution is 5.90. The van der Waals surface area contributed by atoms with Gasteiger partial charge in [-0.25, -0.2) is 0 Å². The van der Waals surface area contributed by atoms with Gasteiger partial charge in [-0.1, -0.05) is 0 Å². The van der Waals surface area contributed by atoms with Crippen molar-refractivity contribution < 1.29 is 14.3 Å². The topological polar surface area (TPSA) is 49.9 Å². The van der Waals surface area contributed by atoms with Gasteiger partial charge < -0.3 is 14.5 Å². The lowest BCUT2D eigenvalue weighted by atomic mass is 10.1. The molecule has 2 atom stereocenters. The number of carbonyl (C=O) groups is 2. The van der Waals surface area contributed by atoms with Crippen LogP contribution < -0.4 is 0 Å². The number of carbonyl (C=O) groups excluding carboxylic acids is 2. The SMILES string of the molecule is CN(C[C@@H]1CCCO1)C(=O)[C@H]1CCC(=O)N1C. The van der Waals surface area contributed by atoms with Crippen LogP contribution in [0.3, 0.4) is 0 Å². The van der Waals surface area contributed by atoms with Gasteiger partial charge in [-0.15, -0.1) is 0 Å². The lowest BCUT2D eigenvalue weighted by molar-refractivity contribution is -0.140. The highest BCUT2D eigenvalue weighted by Gasteiger charge is 2.35. The van der Waals surface area contributed by atoms with Crippen LogP contribution in [-0.2, 0) is 14.3 Å². The molecule has 0 aromatic carbocycles. The van der Waals surface area contributed by atoms with Gasteiger partial charge in [0.15, 0.2) is 0 Å². The van der Waals surface area contributed by atoms with Gasteiger partial charge in [0.1, 0.15) is 6.04 Å². The second-order valence-electron chi connectivity index (χ2n) is 4.91. The molecular weight excluding hydrogens is 220 g/mol. The molecule has 2 amide bonds. The number of hydrogen-bond donors (Lipinski definition) is 0. The van der Waals surface area contributed by atoms with Crippen molar-refractivity contribution >= 4 is 11.8 Å². The standard InChI is InChI=1S/C12H20N2O3/c1-13(8-9-4-3-7-17-9)12(16)10-5-6-11(15)14(10)2/h9-10H,3-8H2,1-2H3/t9-,10+/m0/s1. The summed E-state index contributed by atoms with van der Waals surface area (Å²) in [6.45, 7) is 1.44. The molecule has 0 radical (unpaired) electrons. The van der Waals surface area contributed by atoms with Gasteiger partial charge >= 0.3 is 0 Å². The molecule has 17 heavy (non-hydrogen) atoms. The van der Waals surface area contributed by atoms with Crippen LogP contribution in [0.5, 0.6) is 0 Å². The third kappa shape index (κ3) is 2.60. The van der Waals surface area contributed by atoms with Crippen molar-refractivity contribution in [3.8, 4) is 0 Å². The molecule has 2 saturated heterocycles. The number of amides is 2. The van der Waals surface area contributed by atoms with Gasteiger partial charge in [0.05, 0.1) is 6.10 Å². The summed E-state index contributed by atoms with van der Waals surface area (Å²) in [6.07, 6.45) is 3.40. The fourth-order valence-electron chi connectivity index (χ4n) is 2.53. The molecular formula is C12H20N2O3. The summed E-state index contributed by atoms with van der Waals surface area (Å²) in [5, 5.41) is 0. The second-order valence-corrected chi connectivity index (χ2v) is 4.91. The first-order valence-corrected chi connectivity index (χ1v) is 6.22. The molecule has 0 aromatic heterocycles. The summed E-state index contributed by atoms with van der Waals surface area (Å²) in [4.78, 5) is 26.8. The van der Waals surface area contributed by atoms with E-state index in [1.807, 2.05) is 0 Å². The Morgan fingerprint density at radius 2 is 2.29 bits per heavy atom. The first-order valence-electron chi connectivity index (χ1n) is 6.22. The maximum Gasteiger partial charge on any atom is 0.245 e. The molecule has 5 nitrogen and oxygen atoms in total. The summed E-state index contributed by atoms with van der Waals surface area (Å²) in [5.41, 5.74) is 0. The van der Waals surface area contributed by atoms with Gasteiger partial charge in [0.25, 0.3) is 0 Å². The lowest BCUT2D eigenvalue weighted by Crippen LogP contribution is -2.45. The first-order chi connectivity index (χ1) is 8.09. The van der Waals surface area contributed by atoms with E-state index in [0.29, 0.717) is 19.4 Å². The molecule has 2 heterocycles. The Morgan fingerprint density at radius 1 is 1.53 bits per heavy atom. The number of likely N-dealkylation sites (N-methyl/N-ethyl adjacent to an activating group) is 2. The first kappa shape index (κ1) is 12.4. The minimum atomic E-state index is -0.270. The Kier molecular flexibility index (Phi) is 3.66. The Bertz CT molecular complexity index is 313. The van der Waals surface area contributed by atoms with Crippen molar-refractivity contribution in [1.29, 1.82) is 0 Å². The van der Waals surface area contributed by atoms with Crippen LogP contribution in [0.15, 0.2) is 0 Å². The minimum Gasteiger partial charge on any atom is -0.376 e. The molecule has 0 bridgehead atoms. The Labute approximate surface area is 102 Å². The molecule has 2 aliphatic heterocycles. The molecule has 5 heteroatoms. The third-order valence-corrected chi connectivity index (χ3v) is 3.66. The van der Waals surface area contributed by atoms with Crippen LogP contribution >= 0.6 is 0 Å². The van der Waals surface area contributed by atoms with Crippen LogP contribution in [0.25, 0.3) is 0 Å². The van der Waals surface area contributed by atoms with Crippen molar-refractivity contribution in [2.24, 2.45) is 0 Å². The monoisotopic (exact) mass is 240 g/mol. The molecule has 0 spiro atoms. The molecule has 0 aliphatic carbocycles. The third-order valence-electron chi connectivity index (χ3n) is 3.66. The van der Waals surface area contributed by atoms with Crippen molar-refractivity contribution in [3.05, 3.63) is 0 Å². The number of ether oxygens (including phenoxy) is 1. The molecule has 0 N–H and O–H groups in total. The van der Waals surface area contributed by atoms with Crippen LogP contribution in [0, 0.1) is 0 Å². The maximum absolute atomic E-state index is 12.2. The zero-order valence-electron chi connectivity index (χ0n) is 10.5. The Balaban J connectivity index is 1.88. The number of likely N-dealkylation sites (tertiary alicyclic amines) is 1. The molecule has 0 unspecified atom stereocenters. The summed E-state index contributed by atoms with van der Waals surface area (Å²) in [7, 11) is 3.50. The maximum atomic E-state index is 12.2. The van der Waals surface area contributed by atoms with E-state index in [0.717, 1.165) is 19.4 Å². The lowest BCUT2D eigenvalue weighted by Gasteiger charge is -2.27. The summed E-state index contributed by atoms with van der Waals surface area (Å²) in [6, 6.07) is -0.270. The predicted molar refractivity (Wildman–Crippen MR) is 62.4 cm³/mol. The van der Waals surface area contributed by atoms with E-state index in [4.69, 9.17) is 4.74 Å². The van der Waals surface area contributed by atoms with E-state index in [9.17, 15) is 9.59 Å². The van der Waals surface area contributed by atoms with Gasteiger partial charge in [-0.2, -0.15) is 0 Å². The normalized spacial score (nSPS) is 28.8. The van der Waals surface area contributed by atoms with Crippen LogP contribution in [0.4, 0.5) is 0 Å². The quantitative estimate of drug-likeness (QED) is 0.710. The molecule has 0 saturated carbocycles. The predicted octanol–water partition coefficient (Wildman–Crippen LogP) is 0.245. The summed E-state index contributed by atoms with van der Waals surface area (Å²) < 4.78 is 5.51. The van der Waals surface area contributed by atoms with Crippen molar-refractivity contribution in [1.82, 2.24) is 9.80 Å². The molecule has 2 aliphatic rings. The fraction of sp³-hybridized carbons (Fsp3) is 0.833.